The van der Waals surface area contributed by atoms with Crippen molar-refractivity contribution in [2.24, 2.45) is 0 Å². The zero-order valence-electron chi connectivity index (χ0n) is 11.7. The molecule has 20 heavy (non-hydrogen) atoms. The molecule has 2 nitrogen and oxygen atoms in total. The molecule has 1 unspecified atom stereocenters. The van der Waals surface area contributed by atoms with Crippen molar-refractivity contribution in [2.75, 3.05) is 12.4 Å². The second-order valence-corrected chi connectivity index (χ2v) is 5.59. The summed E-state index contributed by atoms with van der Waals surface area (Å²) in [6, 6.07) is 11.0. The normalized spacial score (nSPS) is 12.1. The molecule has 2 aromatic carbocycles. The molecule has 0 aliphatic rings. The lowest BCUT2D eigenvalue weighted by atomic mass is 10.0. The van der Waals surface area contributed by atoms with Gasteiger partial charge in [-0.15, -0.1) is 0 Å². The highest BCUT2D eigenvalue weighted by atomic mass is 79.9. The molecule has 0 aliphatic carbocycles. The molecule has 0 bridgehead atoms. The van der Waals surface area contributed by atoms with E-state index in [1.807, 2.05) is 19.1 Å². The van der Waals surface area contributed by atoms with Crippen LogP contribution in [0, 0.1) is 12.7 Å². The van der Waals surface area contributed by atoms with Crippen LogP contribution in [0.1, 0.15) is 24.1 Å². The zero-order chi connectivity index (χ0) is 14.7. The molecule has 0 heterocycles. The van der Waals surface area contributed by atoms with Crippen LogP contribution < -0.4 is 10.1 Å². The first kappa shape index (κ1) is 14.9. The van der Waals surface area contributed by atoms with Gasteiger partial charge in [0.25, 0.3) is 0 Å². The minimum absolute atomic E-state index is 0.0576. The Morgan fingerprint density at radius 2 is 1.95 bits per heavy atom. The van der Waals surface area contributed by atoms with Crippen LogP contribution in [0.4, 0.5) is 10.1 Å². The summed E-state index contributed by atoms with van der Waals surface area (Å²) < 4.78 is 19.1. The summed E-state index contributed by atoms with van der Waals surface area (Å²) in [7, 11) is 1.66. The van der Waals surface area contributed by atoms with Crippen LogP contribution in [0.5, 0.6) is 5.75 Å². The van der Waals surface area contributed by atoms with E-state index < -0.39 is 0 Å². The van der Waals surface area contributed by atoms with Gasteiger partial charge < -0.3 is 10.1 Å². The van der Waals surface area contributed by atoms with E-state index >= 15 is 0 Å². The highest BCUT2D eigenvalue weighted by molar-refractivity contribution is 9.10. The van der Waals surface area contributed by atoms with Gasteiger partial charge in [0.1, 0.15) is 11.6 Å². The third-order valence-electron chi connectivity index (χ3n) is 3.15. The fourth-order valence-electron chi connectivity index (χ4n) is 2.11. The fraction of sp³-hybridized carbons (Fsp3) is 0.250. The molecule has 0 saturated carbocycles. The maximum absolute atomic E-state index is 13.2. The molecule has 1 atom stereocenters. The Hall–Kier alpha value is -1.55. The van der Waals surface area contributed by atoms with Gasteiger partial charge in [-0.2, -0.15) is 0 Å². The molecule has 0 radical (unpaired) electrons. The molecule has 0 spiro atoms. The van der Waals surface area contributed by atoms with E-state index in [-0.39, 0.29) is 11.9 Å². The minimum atomic E-state index is -0.267. The van der Waals surface area contributed by atoms with Gasteiger partial charge in [0, 0.05) is 11.3 Å². The van der Waals surface area contributed by atoms with Crippen molar-refractivity contribution in [2.45, 2.75) is 19.9 Å². The van der Waals surface area contributed by atoms with E-state index in [1.54, 1.807) is 19.2 Å². The highest BCUT2D eigenvalue weighted by Crippen LogP contribution is 2.29. The number of ether oxygens (including phenoxy) is 1. The van der Waals surface area contributed by atoms with Gasteiger partial charge >= 0.3 is 0 Å². The van der Waals surface area contributed by atoms with Crippen molar-refractivity contribution in [3.05, 3.63) is 57.8 Å². The SMILES string of the molecule is COc1ccc(C)cc1C(C)Nc1ccc(F)c(Br)c1. The molecule has 0 fully saturated rings. The van der Waals surface area contributed by atoms with Crippen molar-refractivity contribution in [3.63, 3.8) is 0 Å². The number of benzene rings is 2. The van der Waals surface area contributed by atoms with Gasteiger partial charge in [-0.25, -0.2) is 4.39 Å². The fourth-order valence-corrected chi connectivity index (χ4v) is 2.48. The number of hydrogen-bond donors (Lipinski definition) is 1. The standard InChI is InChI=1S/C16H17BrFNO/c1-10-4-7-16(20-3)13(8-10)11(2)19-12-5-6-15(18)14(17)9-12/h4-9,11,19H,1-3H3. The first-order valence-electron chi connectivity index (χ1n) is 6.37. The number of aryl methyl sites for hydroxylation is 1. The van der Waals surface area contributed by atoms with Crippen LogP contribution >= 0.6 is 15.9 Å². The van der Waals surface area contributed by atoms with Crippen molar-refractivity contribution in [1.82, 2.24) is 0 Å². The minimum Gasteiger partial charge on any atom is -0.496 e. The monoisotopic (exact) mass is 337 g/mol. The van der Waals surface area contributed by atoms with Crippen LogP contribution in [0.2, 0.25) is 0 Å². The van der Waals surface area contributed by atoms with Crippen LogP contribution in [0.15, 0.2) is 40.9 Å². The van der Waals surface area contributed by atoms with Crippen LogP contribution in [-0.4, -0.2) is 7.11 Å². The van der Waals surface area contributed by atoms with Crippen LogP contribution in [0.25, 0.3) is 0 Å². The maximum Gasteiger partial charge on any atom is 0.137 e. The van der Waals surface area contributed by atoms with E-state index in [4.69, 9.17) is 4.74 Å². The second-order valence-electron chi connectivity index (χ2n) is 4.74. The van der Waals surface area contributed by atoms with Gasteiger partial charge in [-0.1, -0.05) is 17.7 Å². The Labute approximate surface area is 127 Å². The molecule has 2 rings (SSSR count). The van der Waals surface area contributed by atoms with Crippen molar-refractivity contribution < 1.29 is 9.13 Å². The molecular weight excluding hydrogens is 321 g/mol. The molecule has 106 valence electrons. The largest absolute Gasteiger partial charge is 0.496 e. The predicted molar refractivity (Wildman–Crippen MR) is 83.9 cm³/mol. The van der Waals surface area contributed by atoms with Crippen molar-refractivity contribution in [1.29, 1.82) is 0 Å². The Bertz CT molecular complexity index is 615. The van der Waals surface area contributed by atoms with Gasteiger partial charge in [0.05, 0.1) is 17.6 Å². The summed E-state index contributed by atoms with van der Waals surface area (Å²) in [4.78, 5) is 0. The molecule has 2 aromatic rings. The molecule has 4 heteroatoms. The number of methoxy groups -OCH3 is 1. The predicted octanol–water partition coefficient (Wildman–Crippen LogP) is 5.08. The quantitative estimate of drug-likeness (QED) is 0.840. The Morgan fingerprint density at radius 1 is 1.20 bits per heavy atom. The number of anilines is 1. The number of hydrogen-bond acceptors (Lipinski definition) is 2. The summed E-state index contributed by atoms with van der Waals surface area (Å²) in [6.45, 7) is 4.10. The lowest BCUT2D eigenvalue weighted by molar-refractivity contribution is 0.408. The highest BCUT2D eigenvalue weighted by Gasteiger charge is 2.12. The lowest BCUT2D eigenvalue weighted by Gasteiger charge is -2.19. The summed E-state index contributed by atoms with van der Waals surface area (Å²) in [6.07, 6.45) is 0. The van der Waals surface area contributed by atoms with E-state index in [2.05, 4.69) is 34.2 Å². The number of rotatable bonds is 4. The molecule has 0 aliphatic heterocycles. The summed E-state index contributed by atoms with van der Waals surface area (Å²) in [5.74, 6) is 0.577. The van der Waals surface area contributed by atoms with Gasteiger partial charge in [0.15, 0.2) is 0 Å². The average molecular weight is 338 g/mol. The van der Waals surface area contributed by atoms with Gasteiger partial charge in [0.2, 0.25) is 0 Å². The first-order chi connectivity index (χ1) is 9.51. The molecular formula is C16H17BrFNO. The van der Waals surface area contributed by atoms with Crippen molar-refractivity contribution in [3.8, 4) is 5.75 Å². The van der Waals surface area contributed by atoms with E-state index in [0.717, 1.165) is 17.0 Å². The smallest absolute Gasteiger partial charge is 0.137 e. The summed E-state index contributed by atoms with van der Waals surface area (Å²) in [5, 5.41) is 3.35. The summed E-state index contributed by atoms with van der Waals surface area (Å²) in [5.41, 5.74) is 3.11. The zero-order valence-corrected chi connectivity index (χ0v) is 13.3. The molecule has 0 amide bonds. The molecule has 0 saturated heterocycles. The topological polar surface area (TPSA) is 21.3 Å². The van der Waals surface area contributed by atoms with Crippen LogP contribution in [-0.2, 0) is 0 Å². The maximum atomic E-state index is 13.2. The van der Waals surface area contributed by atoms with E-state index in [0.29, 0.717) is 4.47 Å². The average Bonchev–Trinajstić information content (AvgIpc) is 2.43. The molecule has 1 N–H and O–H groups in total. The number of halogens is 2. The van der Waals surface area contributed by atoms with E-state index in [1.165, 1.54) is 11.6 Å². The number of nitrogens with one attached hydrogen (secondary N) is 1. The summed E-state index contributed by atoms with van der Waals surface area (Å²) >= 11 is 3.19. The van der Waals surface area contributed by atoms with E-state index in [9.17, 15) is 4.39 Å². The third kappa shape index (κ3) is 3.31. The second kappa shape index (κ2) is 6.27. The molecule has 0 aromatic heterocycles. The Morgan fingerprint density at radius 3 is 2.60 bits per heavy atom. The first-order valence-corrected chi connectivity index (χ1v) is 7.16. The third-order valence-corrected chi connectivity index (χ3v) is 3.76. The van der Waals surface area contributed by atoms with Crippen LogP contribution in [0.3, 0.4) is 0 Å². The lowest BCUT2D eigenvalue weighted by Crippen LogP contribution is -2.08. The van der Waals surface area contributed by atoms with Gasteiger partial charge in [-0.05, 0) is 54.0 Å². The van der Waals surface area contributed by atoms with Crippen molar-refractivity contribution >= 4 is 21.6 Å². The Balaban J connectivity index is 2.25. The Kier molecular flexibility index (Phi) is 4.65. The van der Waals surface area contributed by atoms with Gasteiger partial charge in [-0.3, -0.25) is 0 Å².